The first kappa shape index (κ1) is 12.0. The van der Waals surface area contributed by atoms with Gasteiger partial charge in [-0.05, 0) is 19.4 Å². The van der Waals surface area contributed by atoms with Gasteiger partial charge in [0, 0.05) is 17.1 Å². The van der Waals surface area contributed by atoms with E-state index in [1.807, 2.05) is 6.92 Å². The zero-order chi connectivity index (χ0) is 11.3. The number of hydrogen-bond donors (Lipinski definition) is 2. The van der Waals surface area contributed by atoms with E-state index in [4.69, 9.17) is 5.73 Å². The first-order valence-corrected chi connectivity index (χ1v) is 6.11. The molecule has 4 heteroatoms. The van der Waals surface area contributed by atoms with Crippen molar-refractivity contribution in [2.45, 2.75) is 33.1 Å². The van der Waals surface area contributed by atoms with Gasteiger partial charge in [-0.25, -0.2) is 0 Å². The second-order valence-electron chi connectivity index (χ2n) is 3.59. The zero-order valence-corrected chi connectivity index (χ0v) is 10.1. The monoisotopic (exact) mass is 226 g/mol. The number of thiophene rings is 1. The molecule has 0 atom stereocenters. The number of nitrogen functional groups attached to an aromatic ring is 1. The molecule has 0 radical (unpaired) electrons. The van der Waals surface area contributed by atoms with Crippen molar-refractivity contribution in [3.63, 3.8) is 0 Å². The molecule has 1 amide bonds. The molecular weight excluding hydrogens is 208 g/mol. The Morgan fingerprint density at radius 2 is 2.27 bits per heavy atom. The minimum atomic E-state index is -0.00379. The third-order valence-electron chi connectivity index (χ3n) is 2.25. The van der Waals surface area contributed by atoms with Gasteiger partial charge < -0.3 is 11.1 Å². The fraction of sp³-hybridized carbons (Fsp3) is 0.545. The standard InChI is InChI=1S/C11H18N2OS/c1-3-4-5-6-13-11(14)10-7-9(12)8(2)15-10/h7H,3-6,12H2,1-2H3,(H,13,14). The minimum absolute atomic E-state index is 0.00379. The fourth-order valence-electron chi connectivity index (χ4n) is 1.27. The molecule has 3 nitrogen and oxygen atoms in total. The first-order valence-electron chi connectivity index (χ1n) is 5.29. The molecule has 84 valence electrons. The van der Waals surface area contributed by atoms with Crippen LogP contribution in [0.2, 0.25) is 0 Å². The summed E-state index contributed by atoms with van der Waals surface area (Å²) in [6, 6.07) is 1.75. The number of carbonyl (C=O) groups is 1. The molecule has 0 aliphatic heterocycles. The highest BCUT2D eigenvalue weighted by Gasteiger charge is 2.09. The number of unbranched alkanes of at least 4 members (excludes halogenated alkanes) is 2. The van der Waals surface area contributed by atoms with E-state index in [1.165, 1.54) is 17.8 Å². The average Bonchev–Trinajstić information content (AvgIpc) is 2.54. The molecule has 3 N–H and O–H groups in total. The molecule has 0 aliphatic rings. The smallest absolute Gasteiger partial charge is 0.261 e. The lowest BCUT2D eigenvalue weighted by Crippen LogP contribution is -2.23. The van der Waals surface area contributed by atoms with E-state index < -0.39 is 0 Å². The van der Waals surface area contributed by atoms with Crippen molar-refractivity contribution in [2.24, 2.45) is 0 Å². The molecule has 0 saturated heterocycles. The molecule has 0 aliphatic carbocycles. The van der Waals surface area contributed by atoms with Crippen LogP contribution in [0.1, 0.15) is 40.7 Å². The number of hydrogen-bond acceptors (Lipinski definition) is 3. The maximum Gasteiger partial charge on any atom is 0.261 e. The number of nitrogens with one attached hydrogen (secondary N) is 1. The van der Waals surface area contributed by atoms with Crippen LogP contribution in [0.3, 0.4) is 0 Å². The molecule has 0 aromatic carbocycles. The van der Waals surface area contributed by atoms with Gasteiger partial charge in [0.15, 0.2) is 0 Å². The van der Waals surface area contributed by atoms with E-state index in [0.717, 1.165) is 24.3 Å². The van der Waals surface area contributed by atoms with Crippen molar-refractivity contribution < 1.29 is 4.79 Å². The van der Waals surface area contributed by atoms with Crippen molar-refractivity contribution in [1.29, 1.82) is 0 Å². The quantitative estimate of drug-likeness (QED) is 0.758. The Bertz CT molecular complexity index is 314. The SMILES string of the molecule is CCCCCNC(=O)c1cc(N)c(C)s1. The van der Waals surface area contributed by atoms with E-state index in [0.29, 0.717) is 10.6 Å². The van der Waals surface area contributed by atoms with E-state index in [1.54, 1.807) is 6.07 Å². The molecular formula is C11H18N2OS. The van der Waals surface area contributed by atoms with E-state index in [2.05, 4.69) is 12.2 Å². The third-order valence-corrected chi connectivity index (χ3v) is 3.31. The van der Waals surface area contributed by atoms with Gasteiger partial charge in [0.1, 0.15) is 0 Å². The summed E-state index contributed by atoms with van der Waals surface area (Å²) in [5.41, 5.74) is 6.39. The number of nitrogens with two attached hydrogens (primary N) is 1. The maximum absolute atomic E-state index is 11.6. The summed E-state index contributed by atoms with van der Waals surface area (Å²) in [7, 11) is 0. The molecule has 0 unspecified atom stereocenters. The Morgan fingerprint density at radius 1 is 1.53 bits per heavy atom. The van der Waals surface area contributed by atoms with Gasteiger partial charge >= 0.3 is 0 Å². The summed E-state index contributed by atoms with van der Waals surface area (Å²) >= 11 is 1.45. The molecule has 0 fully saturated rings. The highest BCUT2D eigenvalue weighted by atomic mass is 32.1. The Balaban J connectivity index is 2.40. The van der Waals surface area contributed by atoms with Crippen molar-refractivity contribution in [3.8, 4) is 0 Å². The number of anilines is 1. The summed E-state index contributed by atoms with van der Waals surface area (Å²) < 4.78 is 0. The zero-order valence-electron chi connectivity index (χ0n) is 9.30. The molecule has 15 heavy (non-hydrogen) atoms. The molecule has 1 rings (SSSR count). The Kier molecular flexibility index (Phi) is 4.62. The third kappa shape index (κ3) is 3.55. The summed E-state index contributed by atoms with van der Waals surface area (Å²) in [5.74, 6) is -0.00379. The predicted molar refractivity (Wildman–Crippen MR) is 65.3 cm³/mol. The van der Waals surface area contributed by atoms with Crippen molar-refractivity contribution >= 4 is 22.9 Å². The van der Waals surface area contributed by atoms with Crippen LogP contribution in [-0.4, -0.2) is 12.5 Å². The van der Waals surface area contributed by atoms with Gasteiger partial charge in [-0.3, -0.25) is 4.79 Å². The number of amides is 1. The molecule has 1 aromatic heterocycles. The van der Waals surface area contributed by atoms with Gasteiger partial charge in [-0.1, -0.05) is 19.8 Å². The minimum Gasteiger partial charge on any atom is -0.398 e. The summed E-state index contributed by atoms with van der Waals surface area (Å²) in [6.07, 6.45) is 3.37. The van der Waals surface area contributed by atoms with Gasteiger partial charge in [-0.15, -0.1) is 11.3 Å². The van der Waals surface area contributed by atoms with Gasteiger partial charge in [0.05, 0.1) is 4.88 Å². The normalized spacial score (nSPS) is 10.3. The van der Waals surface area contributed by atoms with E-state index >= 15 is 0 Å². The lowest BCUT2D eigenvalue weighted by molar-refractivity contribution is 0.0957. The van der Waals surface area contributed by atoms with E-state index in [-0.39, 0.29) is 5.91 Å². The van der Waals surface area contributed by atoms with Crippen LogP contribution in [0.15, 0.2) is 6.07 Å². The number of aryl methyl sites for hydroxylation is 1. The molecule has 0 spiro atoms. The summed E-state index contributed by atoms with van der Waals surface area (Å²) in [4.78, 5) is 13.3. The van der Waals surface area contributed by atoms with Crippen LogP contribution < -0.4 is 11.1 Å². The fourth-order valence-corrected chi connectivity index (χ4v) is 2.13. The maximum atomic E-state index is 11.6. The van der Waals surface area contributed by atoms with Crippen LogP contribution in [0, 0.1) is 6.92 Å². The van der Waals surface area contributed by atoms with Crippen LogP contribution in [0.4, 0.5) is 5.69 Å². The molecule has 1 aromatic rings. The number of rotatable bonds is 5. The first-order chi connectivity index (χ1) is 7.15. The van der Waals surface area contributed by atoms with Crippen molar-refractivity contribution in [2.75, 3.05) is 12.3 Å². The van der Waals surface area contributed by atoms with Crippen LogP contribution in [0.25, 0.3) is 0 Å². The van der Waals surface area contributed by atoms with Gasteiger partial charge in [-0.2, -0.15) is 0 Å². The van der Waals surface area contributed by atoms with Gasteiger partial charge in [0.25, 0.3) is 5.91 Å². The second-order valence-corrected chi connectivity index (χ2v) is 4.84. The summed E-state index contributed by atoms with van der Waals surface area (Å²) in [6.45, 7) is 4.82. The second kappa shape index (κ2) is 5.75. The van der Waals surface area contributed by atoms with Crippen molar-refractivity contribution in [3.05, 3.63) is 15.8 Å². The average molecular weight is 226 g/mol. The number of carbonyl (C=O) groups excluding carboxylic acids is 1. The summed E-state index contributed by atoms with van der Waals surface area (Å²) in [5, 5.41) is 2.89. The topological polar surface area (TPSA) is 55.1 Å². The molecule has 1 heterocycles. The van der Waals surface area contributed by atoms with Gasteiger partial charge in [0.2, 0.25) is 0 Å². The molecule has 0 saturated carbocycles. The van der Waals surface area contributed by atoms with E-state index in [9.17, 15) is 4.79 Å². The van der Waals surface area contributed by atoms with Crippen LogP contribution >= 0.6 is 11.3 Å². The predicted octanol–water partition coefficient (Wildman–Crippen LogP) is 2.56. The highest BCUT2D eigenvalue weighted by molar-refractivity contribution is 7.14. The lowest BCUT2D eigenvalue weighted by atomic mass is 10.2. The van der Waals surface area contributed by atoms with Crippen molar-refractivity contribution in [1.82, 2.24) is 5.32 Å². The Hall–Kier alpha value is -1.03. The van der Waals surface area contributed by atoms with Crippen LogP contribution in [0.5, 0.6) is 0 Å². The Labute approximate surface area is 94.7 Å². The molecule has 0 bridgehead atoms. The Morgan fingerprint density at radius 3 is 2.80 bits per heavy atom. The highest BCUT2D eigenvalue weighted by Crippen LogP contribution is 2.22. The lowest BCUT2D eigenvalue weighted by Gasteiger charge is -2.01. The largest absolute Gasteiger partial charge is 0.398 e. The van der Waals surface area contributed by atoms with Crippen LogP contribution in [-0.2, 0) is 0 Å².